The van der Waals surface area contributed by atoms with Crippen LogP contribution >= 0.6 is 0 Å². The van der Waals surface area contributed by atoms with Crippen LogP contribution in [0.25, 0.3) is 0 Å². The van der Waals surface area contributed by atoms with E-state index in [-0.39, 0.29) is 5.41 Å². The zero-order valence-electron chi connectivity index (χ0n) is 16.9. The van der Waals surface area contributed by atoms with Crippen LogP contribution in [0.5, 0.6) is 5.75 Å². The summed E-state index contributed by atoms with van der Waals surface area (Å²) in [6, 6.07) is 6.65. The van der Waals surface area contributed by atoms with Crippen molar-refractivity contribution in [3.63, 3.8) is 0 Å². The molecule has 0 spiro atoms. The number of hydrogen-bond donors (Lipinski definition) is 0. The van der Waals surface area contributed by atoms with Gasteiger partial charge in [-0.15, -0.1) is 0 Å². The summed E-state index contributed by atoms with van der Waals surface area (Å²) in [6.45, 7) is 5.65. The van der Waals surface area contributed by atoms with E-state index in [1.165, 1.54) is 49.7 Å². The van der Waals surface area contributed by atoms with E-state index >= 15 is 0 Å². The highest BCUT2D eigenvalue weighted by molar-refractivity contribution is 5.83. The topological polar surface area (TPSA) is 32.8 Å². The van der Waals surface area contributed by atoms with Crippen molar-refractivity contribution in [2.75, 3.05) is 32.8 Å². The summed E-state index contributed by atoms with van der Waals surface area (Å²) in [5.41, 5.74) is 2.76. The number of carbonyl (C=O) groups is 1. The number of ether oxygens (including phenoxy) is 1. The van der Waals surface area contributed by atoms with E-state index in [0.29, 0.717) is 5.91 Å². The SMILES string of the molecule is O=C(N1CCN(Cc2ccc3c(c2)CCO3)CC1)C12CC3CC(CC(C3)C1)C2. The molecule has 1 aromatic rings. The average molecular weight is 381 g/mol. The number of fused-ring (bicyclic) bond motifs is 1. The van der Waals surface area contributed by atoms with E-state index in [9.17, 15) is 4.79 Å². The van der Waals surface area contributed by atoms with Crippen LogP contribution in [-0.4, -0.2) is 48.5 Å². The van der Waals surface area contributed by atoms with Gasteiger partial charge in [-0.25, -0.2) is 0 Å². The van der Waals surface area contributed by atoms with Gasteiger partial charge in [0.15, 0.2) is 0 Å². The lowest BCUT2D eigenvalue weighted by atomic mass is 9.49. The molecule has 1 aromatic carbocycles. The van der Waals surface area contributed by atoms with E-state index in [2.05, 4.69) is 28.0 Å². The molecular formula is C24H32N2O2. The van der Waals surface area contributed by atoms with Gasteiger partial charge in [-0.1, -0.05) is 12.1 Å². The maximum Gasteiger partial charge on any atom is 0.228 e. The van der Waals surface area contributed by atoms with E-state index in [4.69, 9.17) is 4.74 Å². The summed E-state index contributed by atoms with van der Waals surface area (Å²) in [7, 11) is 0. The Hall–Kier alpha value is -1.55. The van der Waals surface area contributed by atoms with Crippen LogP contribution in [-0.2, 0) is 17.8 Å². The normalized spacial score (nSPS) is 36.4. The van der Waals surface area contributed by atoms with Crippen LogP contribution in [0.4, 0.5) is 0 Å². The molecule has 4 bridgehead atoms. The van der Waals surface area contributed by atoms with E-state index in [1.807, 2.05) is 0 Å². The Morgan fingerprint density at radius 1 is 1.00 bits per heavy atom. The van der Waals surface area contributed by atoms with Gasteiger partial charge >= 0.3 is 0 Å². The molecule has 2 heterocycles. The maximum absolute atomic E-state index is 13.5. The lowest BCUT2D eigenvalue weighted by molar-refractivity contribution is -0.159. The average Bonchev–Trinajstić information content (AvgIpc) is 3.15. The Labute approximate surface area is 168 Å². The summed E-state index contributed by atoms with van der Waals surface area (Å²) in [5.74, 6) is 4.12. The van der Waals surface area contributed by atoms with Crippen LogP contribution in [0, 0.1) is 23.2 Å². The lowest BCUT2D eigenvalue weighted by Gasteiger charge is -2.57. The first-order valence-corrected chi connectivity index (χ1v) is 11.4. The fourth-order valence-electron chi connectivity index (χ4n) is 7.41. The molecule has 2 aliphatic heterocycles. The summed E-state index contributed by atoms with van der Waals surface area (Å²) in [6.07, 6.45) is 8.83. The Morgan fingerprint density at radius 2 is 1.68 bits per heavy atom. The monoisotopic (exact) mass is 380 g/mol. The molecule has 0 unspecified atom stereocenters. The molecule has 6 aliphatic rings. The zero-order valence-corrected chi connectivity index (χ0v) is 16.9. The van der Waals surface area contributed by atoms with Gasteiger partial charge in [-0.3, -0.25) is 9.69 Å². The van der Waals surface area contributed by atoms with Gasteiger partial charge in [-0.05, 0) is 73.5 Å². The predicted molar refractivity (Wildman–Crippen MR) is 108 cm³/mol. The first-order chi connectivity index (χ1) is 13.7. The van der Waals surface area contributed by atoms with Crippen LogP contribution in [0.1, 0.15) is 49.7 Å². The van der Waals surface area contributed by atoms with Crippen molar-refractivity contribution in [3.8, 4) is 5.75 Å². The van der Waals surface area contributed by atoms with Crippen LogP contribution in [0.3, 0.4) is 0 Å². The highest BCUT2D eigenvalue weighted by Crippen LogP contribution is 2.60. The second kappa shape index (κ2) is 6.48. The third-order valence-electron chi connectivity index (χ3n) is 8.31. The summed E-state index contributed by atoms with van der Waals surface area (Å²) in [5, 5.41) is 0. The number of nitrogens with zero attached hydrogens (tertiary/aromatic N) is 2. The van der Waals surface area contributed by atoms with Crippen molar-refractivity contribution in [3.05, 3.63) is 29.3 Å². The van der Waals surface area contributed by atoms with Gasteiger partial charge < -0.3 is 9.64 Å². The number of hydrogen-bond acceptors (Lipinski definition) is 3. The predicted octanol–water partition coefficient (Wildman–Crippen LogP) is 3.48. The minimum Gasteiger partial charge on any atom is -0.493 e. The highest BCUT2D eigenvalue weighted by Gasteiger charge is 2.55. The molecule has 150 valence electrons. The molecule has 0 atom stereocenters. The first-order valence-electron chi connectivity index (χ1n) is 11.4. The largest absolute Gasteiger partial charge is 0.493 e. The van der Waals surface area contributed by atoms with Crippen molar-refractivity contribution < 1.29 is 9.53 Å². The summed E-state index contributed by atoms with van der Waals surface area (Å²) < 4.78 is 5.63. The quantitative estimate of drug-likeness (QED) is 0.805. The molecule has 1 saturated heterocycles. The molecule has 4 heteroatoms. The second-order valence-electron chi connectivity index (χ2n) is 10.3. The fraction of sp³-hybridized carbons (Fsp3) is 0.708. The molecular weight excluding hydrogens is 348 g/mol. The van der Waals surface area contributed by atoms with Gasteiger partial charge in [0, 0.05) is 39.1 Å². The molecule has 28 heavy (non-hydrogen) atoms. The van der Waals surface area contributed by atoms with E-state index in [1.54, 1.807) is 0 Å². The molecule has 4 saturated carbocycles. The Balaban J connectivity index is 1.08. The minimum atomic E-state index is 0.0247. The van der Waals surface area contributed by atoms with Gasteiger partial charge in [0.25, 0.3) is 0 Å². The number of benzene rings is 1. The van der Waals surface area contributed by atoms with Crippen molar-refractivity contribution in [2.24, 2.45) is 23.2 Å². The van der Waals surface area contributed by atoms with Gasteiger partial charge in [0.1, 0.15) is 5.75 Å². The second-order valence-corrected chi connectivity index (χ2v) is 10.3. The molecule has 0 N–H and O–H groups in total. The van der Waals surface area contributed by atoms with Crippen molar-refractivity contribution in [1.29, 1.82) is 0 Å². The molecule has 4 aliphatic carbocycles. The first kappa shape index (κ1) is 17.3. The van der Waals surface area contributed by atoms with Crippen molar-refractivity contribution in [2.45, 2.75) is 51.5 Å². The standard InChI is InChI=1S/C24H32N2O2/c27-23(24-13-18-9-19(14-24)11-20(10-18)15-24)26-6-4-25(5-7-26)16-17-1-2-22-21(12-17)3-8-28-22/h1-2,12,18-20H,3-11,13-16H2. The fourth-order valence-corrected chi connectivity index (χ4v) is 7.41. The van der Waals surface area contributed by atoms with Gasteiger partial charge in [0.2, 0.25) is 5.91 Å². The molecule has 4 nitrogen and oxygen atoms in total. The third kappa shape index (κ3) is 2.87. The number of piperazine rings is 1. The zero-order chi connectivity index (χ0) is 18.7. The molecule has 5 fully saturated rings. The van der Waals surface area contributed by atoms with Crippen LogP contribution in [0.2, 0.25) is 0 Å². The van der Waals surface area contributed by atoms with E-state index < -0.39 is 0 Å². The van der Waals surface area contributed by atoms with Gasteiger partial charge in [-0.2, -0.15) is 0 Å². The van der Waals surface area contributed by atoms with Crippen molar-refractivity contribution in [1.82, 2.24) is 9.80 Å². The molecule has 0 aromatic heterocycles. The third-order valence-corrected chi connectivity index (χ3v) is 8.31. The van der Waals surface area contributed by atoms with Crippen LogP contribution in [0.15, 0.2) is 18.2 Å². The Morgan fingerprint density at radius 3 is 2.36 bits per heavy atom. The van der Waals surface area contributed by atoms with Gasteiger partial charge in [0.05, 0.1) is 12.0 Å². The van der Waals surface area contributed by atoms with Crippen molar-refractivity contribution >= 4 is 5.91 Å². The summed E-state index contributed by atoms with van der Waals surface area (Å²) >= 11 is 0. The molecule has 1 amide bonds. The molecule has 0 radical (unpaired) electrons. The number of amides is 1. The van der Waals surface area contributed by atoms with Crippen LogP contribution < -0.4 is 4.74 Å². The van der Waals surface area contributed by atoms with E-state index in [0.717, 1.165) is 69.3 Å². The number of carbonyl (C=O) groups excluding carboxylic acids is 1. The number of rotatable bonds is 3. The highest BCUT2D eigenvalue weighted by atomic mass is 16.5. The maximum atomic E-state index is 13.5. The summed E-state index contributed by atoms with van der Waals surface area (Å²) in [4.78, 5) is 18.3. The minimum absolute atomic E-state index is 0.0247. The Kier molecular flexibility index (Phi) is 4.01. The smallest absolute Gasteiger partial charge is 0.228 e. The molecule has 7 rings (SSSR count). The Bertz CT molecular complexity index is 746. The lowest BCUT2D eigenvalue weighted by Crippen LogP contribution is -2.58.